The van der Waals surface area contributed by atoms with E-state index in [1.807, 2.05) is 11.0 Å². The Labute approximate surface area is 178 Å². The van der Waals surface area contributed by atoms with Crippen molar-refractivity contribution in [2.24, 2.45) is 10.2 Å². The highest BCUT2D eigenvalue weighted by molar-refractivity contribution is 8.18. The van der Waals surface area contributed by atoms with Gasteiger partial charge in [0.05, 0.1) is 18.2 Å². The molecule has 0 radical (unpaired) electrons. The van der Waals surface area contributed by atoms with Gasteiger partial charge in [0.25, 0.3) is 11.8 Å². The molecule has 0 bridgehead atoms. The SMILES string of the molecule is COC(=O)/C=C1/S/C(=N\N=Cc2ccccc2OCC(=O)N2CCCCC2)NC1=O. The number of esters is 1. The second kappa shape index (κ2) is 10.6. The number of methoxy groups -OCH3 is 1. The number of hydrogen-bond donors (Lipinski definition) is 1. The number of benzene rings is 1. The van der Waals surface area contributed by atoms with Crippen molar-refractivity contribution in [1.29, 1.82) is 0 Å². The van der Waals surface area contributed by atoms with Crippen LogP contribution >= 0.6 is 11.8 Å². The summed E-state index contributed by atoms with van der Waals surface area (Å²) in [6, 6.07) is 7.16. The summed E-state index contributed by atoms with van der Waals surface area (Å²) < 4.78 is 10.2. The standard InChI is InChI=1S/C20H22N4O5S/c1-28-18(26)11-16-19(27)22-20(30-16)23-21-12-14-7-3-4-8-15(14)29-13-17(25)24-9-5-2-6-10-24/h3-4,7-8,11-12H,2,5-6,9-10,13H2,1H3,(H,22,23,27)/b16-11+,21-12?. The Morgan fingerprint density at radius 2 is 2.00 bits per heavy atom. The van der Waals surface area contributed by atoms with Crippen molar-refractivity contribution >= 4 is 40.9 Å². The molecular formula is C20H22N4O5S. The maximum atomic E-state index is 12.3. The van der Waals surface area contributed by atoms with Gasteiger partial charge in [0.15, 0.2) is 11.8 Å². The Morgan fingerprint density at radius 1 is 1.23 bits per heavy atom. The number of rotatable bonds is 6. The van der Waals surface area contributed by atoms with Gasteiger partial charge in [-0.3, -0.25) is 14.9 Å². The fourth-order valence-electron chi connectivity index (χ4n) is 2.88. The van der Waals surface area contributed by atoms with E-state index in [1.54, 1.807) is 18.2 Å². The largest absolute Gasteiger partial charge is 0.483 e. The van der Waals surface area contributed by atoms with Crippen LogP contribution in [0.5, 0.6) is 5.75 Å². The maximum Gasteiger partial charge on any atom is 0.331 e. The Balaban J connectivity index is 1.60. The average Bonchev–Trinajstić information content (AvgIpc) is 3.12. The monoisotopic (exact) mass is 430 g/mol. The number of hydrogen-bond acceptors (Lipinski definition) is 8. The van der Waals surface area contributed by atoms with Crippen LogP contribution in [0.1, 0.15) is 24.8 Å². The van der Waals surface area contributed by atoms with Gasteiger partial charge in [-0.05, 0) is 43.2 Å². The van der Waals surface area contributed by atoms with Gasteiger partial charge >= 0.3 is 5.97 Å². The number of amides is 2. The molecule has 30 heavy (non-hydrogen) atoms. The number of nitrogens with zero attached hydrogens (tertiary/aromatic N) is 3. The van der Waals surface area contributed by atoms with Crippen molar-refractivity contribution < 1.29 is 23.9 Å². The molecule has 1 N–H and O–H groups in total. The molecule has 2 fully saturated rings. The highest BCUT2D eigenvalue weighted by atomic mass is 32.2. The van der Waals surface area contributed by atoms with E-state index in [4.69, 9.17) is 4.74 Å². The van der Waals surface area contributed by atoms with Crippen LogP contribution in [0.4, 0.5) is 0 Å². The number of para-hydroxylation sites is 1. The molecule has 1 aromatic rings. The van der Waals surface area contributed by atoms with Crippen LogP contribution in [0.3, 0.4) is 0 Å². The van der Waals surface area contributed by atoms with E-state index in [0.717, 1.165) is 50.2 Å². The quantitative estimate of drug-likeness (QED) is 0.318. The second-order valence-electron chi connectivity index (χ2n) is 6.51. The van der Waals surface area contributed by atoms with Crippen LogP contribution in [0, 0.1) is 0 Å². The second-order valence-corrected chi connectivity index (χ2v) is 7.54. The molecule has 158 valence electrons. The molecule has 9 nitrogen and oxygen atoms in total. The van der Waals surface area contributed by atoms with Crippen LogP contribution in [0.25, 0.3) is 0 Å². The number of thioether (sulfide) groups is 1. The van der Waals surface area contributed by atoms with Crippen molar-refractivity contribution in [3.63, 3.8) is 0 Å². The zero-order valence-corrected chi connectivity index (χ0v) is 17.3. The van der Waals surface area contributed by atoms with E-state index >= 15 is 0 Å². The molecule has 10 heteroatoms. The summed E-state index contributed by atoms with van der Waals surface area (Å²) in [5.41, 5.74) is 0.646. The first-order valence-corrected chi connectivity index (χ1v) is 10.3. The lowest BCUT2D eigenvalue weighted by molar-refractivity contribution is -0.135. The number of amidine groups is 1. The van der Waals surface area contributed by atoms with Crippen LogP contribution < -0.4 is 10.1 Å². The molecule has 0 aromatic heterocycles. The summed E-state index contributed by atoms with van der Waals surface area (Å²) in [6.45, 7) is 1.52. The summed E-state index contributed by atoms with van der Waals surface area (Å²) in [5, 5.41) is 10.7. The third-order valence-corrected chi connectivity index (χ3v) is 5.33. The van der Waals surface area contributed by atoms with Crippen molar-refractivity contribution in [3.8, 4) is 5.75 Å². The molecule has 2 heterocycles. The van der Waals surface area contributed by atoms with E-state index in [9.17, 15) is 14.4 Å². The topological polar surface area (TPSA) is 110 Å². The molecule has 3 rings (SSSR count). The molecule has 0 aliphatic carbocycles. The summed E-state index contributed by atoms with van der Waals surface area (Å²) in [7, 11) is 1.23. The molecule has 0 saturated carbocycles. The first-order valence-electron chi connectivity index (χ1n) is 9.46. The van der Waals surface area contributed by atoms with Crippen LogP contribution in [0.2, 0.25) is 0 Å². The van der Waals surface area contributed by atoms with Crippen LogP contribution in [0.15, 0.2) is 45.4 Å². The predicted octanol–water partition coefficient (Wildman–Crippen LogP) is 1.69. The van der Waals surface area contributed by atoms with Crippen molar-refractivity contribution in [2.75, 3.05) is 26.8 Å². The van der Waals surface area contributed by atoms with Gasteiger partial charge in [-0.25, -0.2) is 4.79 Å². The highest BCUT2D eigenvalue weighted by Crippen LogP contribution is 2.23. The van der Waals surface area contributed by atoms with Gasteiger partial charge in [0, 0.05) is 24.7 Å². The minimum absolute atomic E-state index is 0.0309. The van der Waals surface area contributed by atoms with Crippen LogP contribution in [-0.2, 0) is 19.1 Å². The van der Waals surface area contributed by atoms with E-state index in [-0.39, 0.29) is 22.6 Å². The molecule has 2 aliphatic heterocycles. The van der Waals surface area contributed by atoms with Crippen LogP contribution in [-0.4, -0.2) is 60.9 Å². The minimum Gasteiger partial charge on any atom is -0.483 e. The van der Waals surface area contributed by atoms with Gasteiger partial charge in [-0.1, -0.05) is 12.1 Å². The molecule has 0 atom stereocenters. The maximum absolute atomic E-state index is 12.3. The summed E-state index contributed by atoms with van der Waals surface area (Å²) in [6.07, 6.45) is 5.78. The van der Waals surface area contributed by atoms with E-state index in [1.165, 1.54) is 13.3 Å². The fourth-order valence-corrected chi connectivity index (χ4v) is 3.62. The number of ether oxygens (including phenoxy) is 2. The number of piperidine rings is 1. The lowest BCUT2D eigenvalue weighted by Gasteiger charge is -2.26. The van der Waals surface area contributed by atoms with Gasteiger partial charge in [0.1, 0.15) is 5.75 Å². The molecule has 1 aromatic carbocycles. The minimum atomic E-state index is -0.623. The first-order chi connectivity index (χ1) is 14.6. The molecule has 0 unspecified atom stereocenters. The molecule has 2 aliphatic rings. The molecule has 2 amide bonds. The van der Waals surface area contributed by atoms with Gasteiger partial charge in [-0.2, -0.15) is 5.10 Å². The lowest BCUT2D eigenvalue weighted by Crippen LogP contribution is -2.38. The highest BCUT2D eigenvalue weighted by Gasteiger charge is 2.25. The number of carbonyl (C=O) groups excluding carboxylic acids is 3. The molecular weight excluding hydrogens is 408 g/mol. The zero-order chi connectivity index (χ0) is 21.3. The summed E-state index contributed by atoms with van der Waals surface area (Å²) >= 11 is 0.986. The van der Waals surface area contributed by atoms with Crippen molar-refractivity contribution in [2.45, 2.75) is 19.3 Å². The Hall–Kier alpha value is -3.14. The summed E-state index contributed by atoms with van der Waals surface area (Å²) in [4.78, 5) is 37.4. The third kappa shape index (κ3) is 5.93. The average molecular weight is 430 g/mol. The Kier molecular flexibility index (Phi) is 7.61. The Morgan fingerprint density at radius 3 is 2.77 bits per heavy atom. The van der Waals surface area contributed by atoms with E-state index in [0.29, 0.717) is 11.3 Å². The fraction of sp³-hybridized carbons (Fsp3) is 0.350. The molecule has 2 saturated heterocycles. The Bertz CT molecular complexity index is 906. The number of carbonyl (C=O) groups is 3. The molecule has 0 spiro atoms. The predicted molar refractivity (Wildman–Crippen MR) is 113 cm³/mol. The van der Waals surface area contributed by atoms with Crippen molar-refractivity contribution in [1.82, 2.24) is 10.2 Å². The van der Waals surface area contributed by atoms with E-state index in [2.05, 4.69) is 20.3 Å². The lowest BCUT2D eigenvalue weighted by atomic mass is 10.1. The zero-order valence-electron chi connectivity index (χ0n) is 16.5. The number of nitrogens with one attached hydrogen (secondary N) is 1. The van der Waals surface area contributed by atoms with Gasteiger partial charge in [0.2, 0.25) is 0 Å². The van der Waals surface area contributed by atoms with Crippen molar-refractivity contribution in [3.05, 3.63) is 40.8 Å². The van der Waals surface area contributed by atoms with E-state index < -0.39 is 11.9 Å². The summed E-state index contributed by atoms with van der Waals surface area (Å²) in [5.74, 6) is -0.584. The number of likely N-dealkylation sites (tertiary alicyclic amines) is 1. The van der Waals surface area contributed by atoms with Gasteiger partial charge < -0.3 is 14.4 Å². The third-order valence-electron chi connectivity index (χ3n) is 4.43. The smallest absolute Gasteiger partial charge is 0.331 e. The first kappa shape index (κ1) is 21.6. The normalized spacial score (nSPS) is 19.4. The van der Waals surface area contributed by atoms with Gasteiger partial charge in [-0.15, -0.1) is 5.10 Å².